The molecule has 0 aliphatic rings. The van der Waals surface area contributed by atoms with Crippen molar-refractivity contribution in [2.24, 2.45) is 0 Å². The fourth-order valence-corrected chi connectivity index (χ4v) is 4.55. The fraction of sp³-hybridized carbons (Fsp3) is 0.346. The number of sulfonamides is 1. The van der Waals surface area contributed by atoms with Crippen LogP contribution in [0, 0.1) is 18.3 Å². The zero-order valence-electron chi connectivity index (χ0n) is 21.1. The second-order valence-electron chi connectivity index (χ2n) is 8.33. The summed E-state index contributed by atoms with van der Waals surface area (Å²) < 4.78 is 67.4. The number of halogens is 3. The van der Waals surface area contributed by atoms with Gasteiger partial charge in [-0.05, 0) is 73.9 Å². The van der Waals surface area contributed by atoms with Gasteiger partial charge in [-0.1, -0.05) is 13.0 Å². The molecule has 2 aromatic rings. The van der Waals surface area contributed by atoms with Crippen LogP contribution in [0.2, 0.25) is 0 Å². The third-order valence-electron chi connectivity index (χ3n) is 5.28. The number of ketones is 1. The first-order valence-electron chi connectivity index (χ1n) is 11.6. The van der Waals surface area contributed by atoms with Crippen molar-refractivity contribution < 1.29 is 35.9 Å². The summed E-state index contributed by atoms with van der Waals surface area (Å²) >= 11 is 0. The summed E-state index contributed by atoms with van der Waals surface area (Å²) in [6, 6.07) is 12.5. The van der Waals surface area contributed by atoms with Gasteiger partial charge in [0.2, 0.25) is 15.8 Å². The summed E-state index contributed by atoms with van der Waals surface area (Å²) in [6.45, 7) is 3.48. The van der Waals surface area contributed by atoms with Crippen LogP contribution in [0.25, 0.3) is 6.08 Å². The molecule has 0 unspecified atom stereocenters. The predicted octanol–water partition coefficient (Wildman–Crippen LogP) is 4.87. The summed E-state index contributed by atoms with van der Waals surface area (Å²) in [7, 11) is -3.48. The van der Waals surface area contributed by atoms with Gasteiger partial charge in [-0.2, -0.15) is 18.4 Å². The lowest BCUT2D eigenvalue weighted by Crippen LogP contribution is -2.32. The number of nitrogens with zero attached hydrogens (tertiary/aromatic N) is 2. The number of aryl methyl sites for hydroxylation is 1. The van der Waals surface area contributed by atoms with E-state index in [1.54, 1.807) is 39.0 Å². The number of esters is 1. The summed E-state index contributed by atoms with van der Waals surface area (Å²) in [5.74, 6) is -1.61. The molecule has 0 bridgehead atoms. The van der Waals surface area contributed by atoms with Gasteiger partial charge in [0.25, 0.3) is 0 Å². The lowest BCUT2D eigenvalue weighted by atomic mass is 9.99. The van der Waals surface area contributed by atoms with Crippen molar-refractivity contribution in [2.45, 2.75) is 33.4 Å². The van der Waals surface area contributed by atoms with E-state index in [0.717, 1.165) is 0 Å². The smallest absolute Gasteiger partial charge is 0.422 e. The summed E-state index contributed by atoms with van der Waals surface area (Å²) in [5.41, 5.74) is 2.11. The molecule has 0 fully saturated rings. The molecule has 0 radical (unpaired) electrons. The summed E-state index contributed by atoms with van der Waals surface area (Å²) in [5, 5.41) is 9.59. The molecule has 0 spiro atoms. The largest absolute Gasteiger partial charge is 0.455 e. The molecule has 204 valence electrons. The monoisotopic (exact) mass is 551 g/mol. The minimum atomic E-state index is -4.61. The van der Waals surface area contributed by atoms with Gasteiger partial charge in [0.1, 0.15) is 18.2 Å². The van der Waals surface area contributed by atoms with Crippen LogP contribution in [0.4, 0.5) is 24.5 Å². The van der Waals surface area contributed by atoms with Crippen molar-refractivity contribution in [1.82, 2.24) is 0 Å². The minimum Gasteiger partial charge on any atom is -0.455 e. The molecule has 0 aromatic heterocycles. The van der Waals surface area contributed by atoms with Gasteiger partial charge in [0, 0.05) is 23.5 Å². The highest BCUT2D eigenvalue weighted by atomic mass is 32.2. The molecule has 0 heterocycles. The Morgan fingerprint density at radius 3 is 2.32 bits per heavy atom. The van der Waals surface area contributed by atoms with Crippen molar-refractivity contribution in [3.63, 3.8) is 0 Å². The van der Waals surface area contributed by atoms with Crippen LogP contribution in [0.3, 0.4) is 0 Å². The predicted molar refractivity (Wildman–Crippen MR) is 138 cm³/mol. The maximum atomic E-state index is 12.9. The molecule has 12 heteroatoms. The van der Waals surface area contributed by atoms with E-state index in [9.17, 15) is 36.4 Å². The second kappa shape index (κ2) is 13.1. The lowest BCUT2D eigenvalue weighted by molar-refractivity contribution is -0.185. The Bertz CT molecular complexity index is 1330. The highest BCUT2D eigenvalue weighted by Crippen LogP contribution is 2.23. The van der Waals surface area contributed by atoms with Crippen LogP contribution in [0.5, 0.6) is 0 Å². The molecule has 38 heavy (non-hydrogen) atoms. The Balaban J connectivity index is 2.19. The Kier molecular flexibility index (Phi) is 10.5. The lowest BCUT2D eigenvalue weighted by Gasteiger charge is -2.23. The zero-order valence-corrected chi connectivity index (χ0v) is 21.9. The highest BCUT2D eigenvalue weighted by molar-refractivity contribution is 7.92. The van der Waals surface area contributed by atoms with E-state index in [2.05, 4.69) is 9.46 Å². The van der Waals surface area contributed by atoms with Crippen molar-refractivity contribution >= 4 is 39.2 Å². The van der Waals surface area contributed by atoms with E-state index < -0.39 is 34.6 Å². The van der Waals surface area contributed by atoms with E-state index in [0.29, 0.717) is 35.5 Å². The fourth-order valence-electron chi connectivity index (χ4n) is 3.42. The van der Waals surface area contributed by atoms with Crippen LogP contribution in [-0.2, 0) is 19.6 Å². The van der Waals surface area contributed by atoms with Gasteiger partial charge < -0.3 is 9.64 Å². The average Bonchev–Trinajstić information content (AvgIpc) is 2.84. The number of allylic oxidation sites excluding steroid dienone is 1. The topological polar surface area (TPSA) is 117 Å². The number of carbonyl (C=O) groups is 2. The van der Waals surface area contributed by atoms with Crippen molar-refractivity contribution in [3.05, 3.63) is 64.7 Å². The molecule has 0 aliphatic carbocycles. The van der Waals surface area contributed by atoms with Crippen molar-refractivity contribution in [2.75, 3.05) is 35.1 Å². The summed E-state index contributed by atoms with van der Waals surface area (Å²) in [6.07, 6.45) is -2.75. The van der Waals surface area contributed by atoms with Gasteiger partial charge in [-0.25, -0.2) is 8.42 Å². The average molecular weight is 552 g/mol. The maximum Gasteiger partial charge on any atom is 0.422 e. The SMILES string of the molecule is CCCS(=O)(=O)Nc1ccc(C(=O)C(C#N)=Cc2ccc(N(CC)CC(=O)OCC(F)(F)F)cc2C)cc1. The number of rotatable bonds is 12. The number of alkyl halides is 3. The van der Waals surface area contributed by atoms with E-state index in [1.807, 2.05) is 6.07 Å². The van der Waals surface area contributed by atoms with Gasteiger partial charge in [-0.15, -0.1) is 0 Å². The number of likely N-dealkylation sites (N-methyl/N-ethyl adjacent to an activating group) is 1. The molecule has 0 atom stereocenters. The number of Topliss-reactive ketones (excluding diaryl/α,β-unsaturated/α-hetero) is 1. The number of nitriles is 1. The molecule has 1 N–H and O–H groups in total. The number of anilines is 2. The number of carbonyl (C=O) groups excluding carboxylic acids is 2. The highest BCUT2D eigenvalue weighted by Gasteiger charge is 2.29. The second-order valence-corrected chi connectivity index (χ2v) is 10.2. The van der Waals surface area contributed by atoms with Crippen molar-refractivity contribution in [1.29, 1.82) is 5.26 Å². The molecule has 0 aliphatic heterocycles. The normalized spacial score (nSPS) is 12.0. The van der Waals surface area contributed by atoms with Gasteiger partial charge >= 0.3 is 12.1 Å². The molecule has 2 aromatic carbocycles. The molecular weight excluding hydrogens is 523 g/mol. The molecule has 0 saturated carbocycles. The molecule has 0 amide bonds. The van der Waals surface area contributed by atoms with Gasteiger partial charge in [0.05, 0.1) is 5.75 Å². The van der Waals surface area contributed by atoms with Crippen LogP contribution < -0.4 is 9.62 Å². The Labute approximate surface area is 219 Å². The minimum absolute atomic E-state index is 0.0364. The molecule has 8 nitrogen and oxygen atoms in total. The number of ether oxygens (including phenoxy) is 1. The van der Waals surface area contributed by atoms with E-state index >= 15 is 0 Å². The van der Waals surface area contributed by atoms with Gasteiger partial charge in [-0.3, -0.25) is 14.3 Å². The first kappa shape index (κ1) is 30.4. The standard InChI is InChI=1S/C26H28F3N3O5S/c1-4-12-38(35,36)31-22-9-6-19(7-10-22)25(34)21(15-30)14-20-8-11-23(13-18(20)3)32(5-2)16-24(33)37-17-26(27,28)29/h6-11,13-14,31H,4-5,12,16-17H2,1-3H3. The number of nitrogens with one attached hydrogen (secondary N) is 1. The number of benzene rings is 2. The van der Waals surface area contributed by atoms with E-state index in [1.165, 1.54) is 35.2 Å². The first-order valence-corrected chi connectivity index (χ1v) is 13.3. The van der Waals surface area contributed by atoms with E-state index in [-0.39, 0.29) is 23.4 Å². The maximum absolute atomic E-state index is 12.9. The van der Waals surface area contributed by atoms with Crippen LogP contribution in [0.15, 0.2) is 48.0 Å². The summed E-state index contributed by atoms with van der Waals surface area (Å²) in [4.78, 5) is 26.2. The number of hydrogen-bond donors (Lipinski definition) is 1. The number of hydrogen-bond acceptors (Lipinski definition) is 7. The third-order valence-corrected chi connectivity index (χ3v) is 6.77. The van der Waals surface area contributed by atoms with Crippen LogP contribution in [-0.4, -0.2) is 51.8 Å². The zero-order chi connectivity index (χ0) is 28.5. The van der Waals surface area contributed by atoms with Gasteiger partial charge in [0.15, 0.2) is 6.61 Å². The van der Waals surface area contributed by atoms with Crippen molar-refractivity contribution in [3.8, 4) is 6.07 Å². The molecular formula is C26H28F3N3O5S. The van der Waals surface area contributed by atoms with Crippen LogP contribution >= 0.6 is 0 Å². The Morgan fingerprint density at radius 1 is 1.13 bits per heavy atom. The van der Waals surface area contributed by atoms with E-state index in [4.69, 9.17) is 0 Å². The third kappa shape index (κ3) is 9.23. The first-order chi connectivity index (χ1) is 17.8. The Morgan fingerprint density at radius 2 is 1.79 bits per heavy atom. The quantitative estimate of drug-likeness (QED) is 0.173. The molecule has 0 saturated heterocycles. The Hall–Kier alpha value is -3.85. The van der Waals surface area contributed by atoms with Crippen LogP contribution in [0.1, 0.15) is 41.8 Å². The molecule has 2 rings (SSSR count).